The van der Waals surface area contributed by atoms with Gasteiger partial charge in [-0.3, -0.25) is 4.79 Å². The molecule has 0 aliphatic heterocycles. The lowest BCUT2D eigenvalue weighted by atomic mass is 10.2. The van der Waals surface area contributed by atoms with Crippen LogP contribution in [0.4, 0.5) is 14.9 Å². The van der Waals surface area contributed by atoms with E-state index in [9.17, 15) is 14.0 Å². The van der Waals surface area contributed by atoms with Crippen LogP contribution in [0.15, 0.2) is 24.3 Å². The molecule has 116 valence electrons. The van der Waals surface area contributed by atoms with Crippen LogP contribution in [-0.4, -0.2) is 24.1 Å². The third kappa shape index (κ3) is 7.29. The molecule has 0 saturated carbocycles. The van der Waals surface area contributed by atoms with Crippen LogP contribution in [0.2, 0.25) is 0 Å². The molecule has 0 radical (unpaired) electrons. The predicted molar refractivity (Wildman–Crippen MR) is 78.5 cm³/mol. The van der Waals surface area contributed by atoms with Crippen LogP contribution in [-0.2, 0) is 9.53 Å². The van der Waals surface area contributed by atoms with Gasteiger partial charge in [-0.1, -0.05) is 12.1 Å². The molecule has 0 atom stereocenters. The molecule has 0 aliphatic rings. The first-order chi connectivity index (χ1) is 9.78. The van der Waals surface area contributed by atoms with E-state index in [-0.39, 0.29) is 18.0 Å². The van der Waals surface area contributed by atoms with Gasteiger partial charge in [0, 0.05) is 13.0 Å². The quantitative estimate of drug-likeness (QED) is 0.821. The standard InChI is InChI=1S/C15H21FN2O3/c1-15(2,3)21-14(20)17-10-6-9-13(19)18-12-8-5-4-7-11(12)16/h4-5,7-8H,6,9-10H2,1-3H3,(H,17,20)(H,18,19). The maximum atomic E-state index is 13.3. The first kappa shape index (κ1) is 16.9. The van der Waals surface area contributed by atoms with E-state index in [2.05, 4.69) is 10.6 Å². The van der Waals surface area contributed by atoms with Gasteiger partial charge in [-0.15, -0.1) is 0 Å². The van der Waals surface area contributed by atoms with Gasteiger partial charge in [0.2, 0.25) is 5.91 Å². The lowest BCUT2D eigenvalue weighted by Gasteiger charge is -2.19. The lowest BCUT2D eigenvalue weighted by molar-refractivity contribution is -0.116. The van der Waals surface area contributed by atoms with Gasteiger partial charge < -0.3 is 15.4 Å². The Morgan fingerprint density at radius 1 is 1.24 bits per heavy atom. The van der Waals surface area contributed by atoms with Gasteiger partial charge in [-0.2, -0.15) is 0 Å². The number of ether oxygens (including phenoxy) is 1. The normalized spacial score (nSPS) is 10.9. The minimum Gasteiger partial charge on any atom is -0.444 e. The Morgan fingerprint density at radius 2 is 1.90 bits per heavy atom. The van der Waals surface area contributed by atoms with E-state index in [1.165, 1.54) is 12.1 Å². The zero-order valence-corrected chi connectivity index (χ0v) is 12.5. The van der Waals surface area contributed by atoms with Crippen molar-refractivity contribution in [2.45, 2.75) is 39.2 Å². The molecule has 2 N–H and O–H groups in total. The first-order valence-corrected chi connectivity index (χ1v) is 6.79. The molecule has 2 amide bonds. The molecule has 0 unspecified atom stereocenters. The summed E-state index contributed by atoms with van der Waals surface area (Å²) in [5.41, 5.74) is -0.394. The van der Waals surface area contributed by atoms with E-state index in [1.54, 1.807) is 32.9 Å². The summed E-state index contributed by atoms with van der Waals surface area (Å²) < 4.78 is 18.4. The largest absolute Gasteiger partial charge is 0.444 e. The number of benzene rings is 1. The van der Waals surface area contributed by atoms with Crippen molar-refractivity contribution in [2.75, 3.05) is 11.9 Å². The van der Waals surface area contributed by atoms with Crippen molar-refractivity contribution in [3.63, 3.8) is 0 Å². The van der Waals surface area contributed by atoms with Crippen molar-refractivity contribution in [1.82, 2.24) is 5.32 Å². The molecule has 6 heteroatoms. The summed E-state index contributed by atoms with van der Waals surface area (Å²) in [6.07, 6.45) is 0.112. The van der Waals surface area contributed by atoms with Crippen LogP contribution in [0, 0.1) is 5.82 Å². The van der Waals surface area contributed by atoms with Crippen LogP contribution in [0.25, 0.3) is 0 Å². The van der Waals surface area contributed by atoms with Gasteiger partial charge in [-0.25, -0.2) is 9.18 Å². The number of carbonyl (C=O) groups is 2. The van der Waals surface area contributed by atoms with Crippen molar-refractivity contribution in [3.8, 4) is 0 Å². The van der Waals surface area contributed by atoms with Gasteiger partial charge in [0.25, 0.3) is 0 Å². The zero-order chi connectivity index (χ0) is 15.9. The summed E-state index contributed by atoms with van der Waals surface area (Å²) in [4.78, 5) is 23.0. The van der Waals surface area contributed by atoms with Crippen molar-refractivity contribution in [2.24, 2.45) is 0 Å². The summed E-state index contributed by atoms with van der Waals surface area (Å²) in [5, 5.41) is 5.03. The Bertz CT molecular complexity index is 498. The summed E-state index contributed by atoms with van der Waals surface area (Å²) >= 11 is 0. The molecule has 0 heterocycles. The van der Waals surface area contributed by atoms with E-state index in [1.807, 2.05) is 0 Å². The Morgan fingerprint density at radius 3 is 2.52 bits per heavy atom. The molecule has 0 fully saturated rings. The number of hydrogen-bond donors (Lipinski definition) is 2. The highest BCUT2D eigenvalue weighted by atomic mass is 19.1. The van der Waals surface area contributed by atoms with E-state index < -0.39 is 17.5 Å². The number of para-hydroxylation sites is 1. The van der Waals surface area contributed by atoms with Crippen molar-refractivity contribution < 1.29 is 18.7 Å². The number of alkyl carbamates (subject to hydrolysis) is 1. The Kier molecular flexibility index (Phi) is 6.14. The van der Waals surface area contributed by atoms with Gasteiger partial charge in [0.1, 0.15) is 11.4 Å². The lowest BCUT2D eigenvalue weighted by Crippen LogP contribution is -2.33. The topological polar surface area (TPSA) is 67.4 Å². The Balaban J connectivity index is 2.23. The van der Waals surface area contributed by atoms with Crippen LogP contribution in [0.3, 0.4) is 0 Å². The molecule has 1 aromatic rings. The predicted octanol–water partition coefficient (Wildman–Crippen LogP) is 3.07. The molecule has 0 aliphatic carbocycles. The summed E-state index contributed by atoms with van der Waals surface area (Å²) in [7, 11) is 0. The number of carbonyl (C=O) groups excluding carboxylic acids is 2. The van der Waals surface area contributed by atoms with E-state index in [0.29, 0.717) is 13.0 Å². The number of rotatable bonds is 5. The van der Waals surface area contributed by atoms with Crippen LogP contribution < -0.4 is 10.6 Å². The second kappa shape index (κ2) is 7.61. The molecule has 0 spiro atoms. The number of halogens is 1. The third-order valence-corrected chi connectivity index (χ3v) is 2.40. The van der Waals surface area contributed by atoms with Crippen LogP contribution in [0.5, 0.6) is 0 Å². The molecule has 0 aromatic heterocycles. The fourth-order valence-corrected chi connectivity index (χ4v) is 1.53. The fourth-order valence-electron chi connectivity index (χ4n) is 1.53. The molecule has 0 saturated heterocycles. The fraction of sp³-hybridized carbons (Fsp3) is 0.467. The van der Waals surface area contributed by atoms with Gasteiger partial charge >= 0.3 is 6.09 Å². The van der Waals surface area contributed by atoms with E-state index in [4.69, 9.17) is 4.74 Å². The SMILES string of the molecule is CC(C)(C)OC(=O)NCCCC(=O)Nc1ccccc1F. The molecule has 5 nitrogen and oxygen atoms in total. The minimum atomic E-state index is -0.549. The minimum absolute atomic E-state index is 0.155. The summed E-state index contributed by atoms with van der Waals surface area (Å²) in [6, 6.07) is 5.96. The molecule has 1 rings (SSSR count). The third-order valence-electron chi connectivity index (χ3n) is 2.40. The molecule has 21 heavy (non-hydrogen) atoms. The molecular weight excluding hydrogens is 275 g/mol. The van der Waals surface area contributed by atoms with Crippen molar-refractivity contribution in [3.05, 3.63) is 30.1 Å². The first-order valence-electron chi connectivity index (χ1n) is 6.79. The molecule has 1 aromatic carbocycles. The average molecular weight is 296 g/mol. The second-order valence-corrected chi connectivity index (χ2v) is 5.56. The highest BCUT2D eigenvalue weighted by Crippen LogP contribution is 2.12. The van der Waals surface area contributed by atoms with E-state index >= 15 is 0 Å². The monoisotopic (exact) mass is 296 g/mol. The summed E-state index contributed by atoms with van der Waals surface area (Å²) in [5.74, 6) is -0.774. The smallest absolute Gasteiger partial charge is 0.407 e. The Labute approximate surface area is 123 Å². The number of nitrogens with one attached hydrogen (secondary N) is 2. The highest BCUT2D eigenvalue weighted by Gasteiger charge is 2.15. The van der Waals surface area contributed by atoms with Gasteiger partial charge in [-0.05, 0) is 39.3 Å². The number of amides is 2. The number of anilines is 1. The summed E-state index contributed by atoms with van der Waals surface area (Å²) in [6.45, 7) is 5.64. The van der Waals surface area contributed by atoms with Crippen molar-refractivity contribution in [1.29, 1.82) is 0 Å². The van der Waals surface area contributed by atoms with Gasteiger partial charge in [0.05, 0.1) is 5.69 Å². The highest BCUT2D eigenvalue weighted by molar-refractivity contribution is 5.90. The molecule has 0 bridgehead atoms. The van der Waals surface area contributed by atoms with Crippen molar-refractivity contribution >= 4 is 17.7 Å². The molecular formula is C15H21FN2O3. The maximum absolute atomic E-state index is 13.3. The maximum Gasteiger partial charge on any atom is 0.407 e. The number of hydrogen-bond acceptors (Lipinski definition) is 3. The average Bonchev–Trinajstić information content (AvgIpc) is 2.35. The zero-order valence-electron chi connectivity index (χ0n) is 12.5. The van der Waals surface area contributed by atoms with Gasteiger partial charge in [0.15, 0.2) is 0 Å². The Hall–Kier alpha value is -2.11. The van der Waals surface area contributed by atoms with Crippen LogP contribution in [0.1, 0.15) is 33.6 Å². The second-order valence-electron chi connectivity index (χ2n) is 5.56. The van der Waals surface area contributed by atoms with Crippen LogP contribution >= 0.6 is 0 Å². The van der Waals surface area contributed by atoms with E-state index in [0.717, 1.165) is 0 Å².